The number of rotatable bonds is 4. The van der Waals surface area contributed by atoms with Crippen molar-refractivity contribution in [3.8, 4) is 0 Å². The molecule has 0 aliphatic carbocycles. The smallest absolute Gasteiger partial charge is 0.322 e. The van der Waals surface area contributed by atoms with E-state index in [-0.39, 0.29) is 17.5 Å². The molecule has 1 spiro atoms. The van der Waals surface area contributed by atoms with Crippen molar-refractivity contribution in [1.82, 2.24) is 9.80 Å². The van der Waals surface area contributed by atoms with Gasteiger partial charge in [0.2, 0.25) is 5.91 Å². The highest BCUT2D eigenvalue weighted by Gasteiger charge is 2.59. The van der Waals surface area contributed by atoms with Crippen LogP contribution in [0.5, 0.6) is 0 Å². The summed E-state index contributed by atoms with van der Waals surface area (Å²) in [5, 5.41) is 3.01. The van der Waals surface area contributed by atoms with Gasteiger partial charge in [-0.05, 0) is 23.6 Å². The van der Waals surface area contributed by atoms with E-state index in [4.69, 9.17) is 0 Å². The standard InChI is InChI=1S/C21H23N3O2/c1-2-17-10-6-7-11-18(17)22-20(26)23-14-21(15-23)12-19(25)24(21)13-16-8-4-3-5-9-16/h3-11H,2,12-15H2,1H3,(H,22,26). The van der Waals surface area contributed by atoms with Crippen molar-refractivity contribution >= 4 is 17.6 Å². The van der Waals surface area contributed by atoms with E-state index in [1.807, 2.05) is 59.5 Å². The van der Waals surface area contributed by atoms with Gasteiger partial charge in [0.05, 0.1) is 12.0 Å². The third-order valence-corrected chi connectivity index (χ3v) is 5.43. The van der Waals surface area contributed by atoms with Gasteiger partial charge in [0.1, 0.15) is 0 Å². The number of aryl methyl sites for hydroxylation is 1. The quantitative estimate of drug-likeness (QED) is 0.862. The molecule has 5 heteroatoms. The van der Waals surface area contributed by atoms with Crippen molar-refractivity contribution in [2.45, 2.75) is 31.8 Å². The second kappa shape index (κ2) is 6.48. The summed E-state index contributed by atoms with van der Waals surface area (Å²) in [5.74, 6) is 0.172. The fraction of sp³-hybridized carbons (Fsp3) is 0.333. The van der Waals surface area contributed by atoms with Crippen LogP contribution in [0.25, 0.3) is 0 Å². The maximum atomic E-state index is 12.5. The number of hydrogen-bond acceptors (Lipinski definition) is 2. The highest BCUT2D eigenvalue weighted by atomic mass is 16.2. The number of anilines is 1. The number of likely N-dealkylation sites (tertiary alicyclic amines) is 2. The molecule has 2 fully saturated rings. The summed E-state index contributed by atoms with van der Waals surface area (Å²) in [7, 11) is 0. The molecule has 134 valence electrons. The van der Waals surface area contributed by atoms with E-state index in [0.29, 0.717) is 26.1 Å². The first-order valence-electron chi connectivity index (χ1n) is 9.09. The lowest BCUT2D eigenvalue weighted by Crippen LogP contribution is -2.79. The van der Waals surface area contributed by atoms with E-state index < -0.39 is 0 Å². The average molecular weight is 349 g/mol. The lowest BCUT2D eigenvalue weighted by Gasteiger charge is -2.61. The summed E-state index contributed by atoms with van der Waals surface area (Å²) in [6.45, 7) is 3.90. The predicted octanol–water partition coefficient (Wildman–Crippen LogP) is 3.27. The number of nitrogens with one attached hydrogen (secondary N) is 1. The summed E-state index contributed by atoms with van der Waals surface area (Å²) in [6.07, 6.45) is 1.41. The Hall–Kier alpha value is -2.82. The van der Waals surface area contributed by atoms with Crippen molar-refractivity contribution in [1.29, 1.82) is 0 Å². The van der Waals surface area contributed by atoms with Crippen LogP contribution >= 0.6 is 0 Å². The Labute approximate surface area is 153 Å². The van der Waals surface area contributed by atoms with Crippen LogP contribution in [0, 0.1) is 0 Å². The molecular formula is C21H23N3O2. The van der Waals surface area contributed by atoms with E-state index in [1.54, 1.807) is 4.90 Å². The second-order valence-electron chi connectivity index (χ2n) is 7.16. The first-order valence-corrected chi connectivity index (χ1v) is 9.09. The zero-order valence-corrected chi connectivity index (χ0v) is 14.9. The van der Waals surface area contributed by atoms with Crippen molar-refractivity contribution in [2.75, 3.05) is 18.4 Å². The molecule has 2 aromatic rings. The largest absolute Gasteiger partial charge is 0.329 e. The molecule has 0 radical (unpaired) electrons. The number of amides is 3. The number of benzene rings is 2. The molecule has 4 rings (SSSR count). The van der Waals surface area contributed by atoms with E-state index in [9.17, 15) is 9.59 Å². The van der Waals surface area contributed by atoms with Crippen LogP contribution in [-0.4, -0.2) is 40.4 Å². The van der Waals surface area contributed by atoms with Gasteiger partial charge < -0.3 is 15.1 Å². The van der Waals surface area contributed by atoms with Crippen LogP contribution in [0.1, 0.15) is 24.5 Å². The third-order valence-electron chi connectivity index (χ3n) is 5.43. The number of hydrogen-bond donors (Lipinski definition) is 1. The van der Waals surface area contributed by atoms with Crippen LogP contribution in [0.4, 0.5) is 10.5 Å². The second-order valence-corrected chi connectivity index (χ2v) is 7.16. The zero-order valence-electron chi connectivity index (χ0n) is 14.9. The van der Waals surface area contributed by atoms with Gasteiger partial charge in [-0.15, -0.1) is 0 Å². The molecule has 1 N–H and O–H groups in total. The van der Waals surface area contributed by atoms with Crippen LogP contribution < -0.4 is 5.32 Å². The maximum Gasteiger partial charge on any atom is 0.322 e. The minimum absolute atomic E-state index is 0.0875. The molecule has 3 amide bonds. The molecule has 0 unspecified atom stereocenters. The summed E-state index contributed by atoms with van der Waals surface area (Å²) in [6, 6.07) is 17.8. The molecular weight excluding hydrogens is 326 g/mol. The molecule has 2 aromatic carbocycles. The molecule has 5 nitrogen and oxygen atoms in total. The lowest BCUT2D eigenvalue weighted by molar-refractivity contribution is -0.172. The summed E-state index contributed by atoms with van der Waals surface area (Å²) < 4.78 is 0. The third kappa shape index (κ3) is 2.83. The molecule has 2 aliphatic rings. The number of carbonyl (C=O) groups excluding carboxylic acids is 2. The molecule has 2 heterocycles. The Kier molecular flexibility index (Phi) is 4.15. The van der Waals surface area contributed by atoms with Gasteiger partial charge in [-0.3, -0.25) is 4.79 Å². The van der Waals surface area contributed by atoms with Gasteiger partial charge in [0.15, 0.2) is 0 Å². The van der Waals surface area contributed by atoms with E-state index in [1.165, 1.54) is 0 Å². The molecule has 0 saturated carbocycles. The molecule has 0 atom stereocenters. The Balaban J connectivity index is 1.38. The molecule has 0 bridgehead atoms. The SMILES string of the molecule is CCc1ccccc1NC(=O)N1CC2(CC(=O)N2Cc2ccccc2)C1. The summed E-state index contributed by atoms with van der Waals surface area (Å²) in [4.78, 5) is 28.4. The Morgan fingerprint density at radius 2 is 1.77 bits per heavy atom. The normalized spacial score (nSPS) is 17.7. The van der Waals surface area contributed by atoms with Crippen LogP contribution in [-0.2, 0) is 17.8 Å². The fourth-order valence-corrected chi connectivity index (χ4v) is 3.90. The molecule has 0 aromatic heterocycles. The number of para-hydroxylation sites is 1. The summed E-state index contributed by atoms with van der Waals surface area (Å²) in [5.41, 5.74) is 2.95. The van der Waals surface area contributed by atoms with Crippen molar-refractivity contribution < 1.29 is 9.59 Å². The van der Waals surface area contributed by atoms with E-state index in [0.717, 1.165) is 23.2 Å². The molecule has 26 heavy (non-hydrogen) atoms. The highest BCUT2D eigenvalue weighted by molar-refractivity contribution is 5.93. The van der Waals surface area contributed by atoms with E-state index >= 15 is 0 Å². The lowest BCUT2D eigenvalue weighted by atomic mass is 9.76. The van der Waals surface area contributed by atoms with Crippen molar-refractivity contribution in [3.63, 3.8) is 0 Å². The molecule has 2 aliphatic heterocycles. The fourth-order valence-electron chi connectivity index (χ4n) is 3.90. The number of carbonyl (C=O) groups is 2. The first-order chi connectivity index (χ1) is 12.6. The Morgan fingerprint density at radius 3 is 2.46 bits per heavy atom. The van der Waals surface area contributed by atoms with Crippen LogP contribution in [0.15, 0.2) is 54.6 Å². The average Bonchev–Trinajstić information content (AvgIpc) is 2.63. The van der Waals surface area contributed by atoms with Crippen LogP contribution in [0.2, 0.25) is 0 Å². The van der Waals surface area contributed by atoms with Crippen molar-refractivity contribution in [2.24, 2.45) is 0 Å². The van der Waals surface area contributed by atoms with Crippen LogP contribution in [0.3, 0.4) is 0 Å². The monoisotopic (exact) mass is 349 g/mol. The minimum atomic E-state index is -0.172. The van der Waals surface area contributed by atoms with Gasteiger partial charge in [-0.1, -0.05) is 55.5 Å². The number of β-lactam (4-membered cyclic amide) rings is 1. The predicted molar refractivity (Wildman–Crippen MR) is 101 cm³/mol. The molecule has 2 saturated heterocycles. The van der Waals surface area contributed by atoms with E-state index in [2.05, 4.69) is 12.2 Å². The topological polar surface area (TPSA) is 52.7 Å². The zero-order chi connectivity index (χ0) is 18.1. The number of nitrogens with zero attached hydrogens (tertiary/aromatic N) is 2. The minimum Gasteiger partial charge on any atom is -0.329 e. The highest BCUT2D eigenvalue weighted by Crippen LogP contribution is 2.41. The van der Waals surface area contributed by atoms with Gasteiger partial charge >= 0.3 is 6.03 Å². The van der Waals surface area contributed by atoms with Crippen molar-refractivity contribution in [3.05, 3.63) is 65.7 Å². The van der Waals surface area contributed by atoms with Gasteiger partial charge in [0.25, 0.3) is 0 Å². The van der Waals surface area contributed by atoms with Gasteiger partial charge in [-0.2, -0.15) is 0 Å². The van der Waals surface area contributed by atoms with Gasteiger partial charge in [-0.25, -0.2) is 4.79 Å². The Bertz CT molecular complexity index is 828. The number of urea groups is 1. The maximum absolute atomic E-state index is 12.5. The summed E-state index contributed by atoms with van der Waals surface area (Å²) >= 11 is 0. The van der Waals surface area contributed by atoms with Gasteiger partial charge in [0, 0.05) is 25.3 Å². The first kappa shape index (κ1) is 16.6. The Morgan fingerprint density at radius 1 is 1.08 bits per heavy atom.